The third-order valence-corrected chi connectivity index (χ3v) is 6.66. The molecule has 166 valence electrons. The Morgan fingerprint density at radius 3 is 2.48 bits per heavy atom. The summed E-state index contributed by atoms with van der Waals surface area (Å²) in [7, 11) is 0. The molecule has 0 aliphatic rings. The minimum absolute atomic E-state index is 0.0128. The Morgan fingerprint density at radius 2 is 1.76 bits per heavy atom. The van der Waals surface area contributed by atoms with Gasteiger partial charge in [-0.3, -0.25) is 4.79 Å². The number of fused-ring (bicyclic) bond motifs is 2. The van der Waals surface area contributed by atoms with Crippen LogP contribution in [0, 0.1) is 0 Å². The van der Waals surface area contributed by atoms with E-state index in [9.17, 15) is 4.79 Å². The molecule has 0 bridgehead atoms. The van der Waals surface area contributed by atoms with E-state index >= 15 is 0 Å². The molecule has 3 N–H and O–H groups in total. The molecular weight excluding hydrogens is 430 g/mol. The van der Waals surface area contributed by atoms with E-state index in [4.69, 9.17) is 15.7 Å². The van der Waals surface area contributed by atoms with Crippen molar-refractivity contribution in [1.29, 1.82) is 0 Å². The van der Waals surface area contributed by atoms with Crippen molar-refractivity contribution < 1.29 is 4.79 Å². The lowest BCUT2D eigenvalue weighted by molar-refractivity contribution is 0.0940. The molecule has 0 unspecified atom stereocenters. The van der Waals surface area contributed by atoms with Gasteiger partial charge in [0, 0.05) is 10.9 Å². The molecule has 7 heteroatoms. The highest BCUT2D eigenvalue weighted by Gasteiger charge is 2.25. The molecule has 1 atom stereocenters. The van der Waals surface area contributed by atoms with Crippen LogP contribution in [0.1, 0.15) is 34.1 Å². The van der Waals surface area contributed by atoms with E-state index in [0.29, 0.717) is 29.1 Å². The van der Waals surface area contributed by atoms with Crippen LogP contribution in [-0.4, -0.2) is 26.5 Å². The van der Waals surface area contributed by atoms with Crippen molar-refractivity contribution in [3.8, 4) is 0 Å². The molecule has 0 aliphatic carbocycles. The Hall–Kier alpha value is -3.71. The molecule has 0 aliphatic heterocycles. The summed E-state index contributed by atoms with van der Waals surface area (Å²) >= 11 is 1.65. The number of aromatic nitrogens is 3. The average Bonchev–Trinajstić information content (AvgIpc) is 3.43. The predicted molar refractivity (Wildman–Crippen MR) is 135 cm³/mol. The zero-order chi connectivity index (χ0) is 22.8. The van der Waals surface area contributed by atoms with Crippen molar-refractivity contribution >= 4 is 45.3 Å². The molecule has 1 amide bonds. The van der Waals surface area contributed by atoms with Crippen LogP contribution in [0.2, 0.25) is 0 Å². The number of nitrogens with zero attached hydrogens (tertiary/aromatic N) is 3. The van der Waals surface area contributed by atoms with E-state index in [-0.39, 0.29) is 11.9 Å². The molecule has 0 spiro atoms. The van der Waals surface area contributed by atoms with Crippen molar-refractivity contribution in [3.05, 3.63) is 88.1 Å². The standard InChI is InChI=1S/C26H25N5OS/c1-17(13-14-18-8-3-2-4-9-18)28-26(32)22-23-25(30-21-12-6-5-11-20(21)29-23)31(24(22)27)16-19-10-7-15-33-19/h2-12,15,17H,13-14,16,27H2,1H3,(H,28,32)/t17-/m0/s1. The number of benzene rings is 2. The fraction of sp³-hybridized carbons (Fsp3) is 0.192. The van der Waals surface area contributed by atoms with Gasteiger partial charge in [-0.15, -0.1) is 11.3 Å². The smallest absolute Gasteiger partial charge is 0.257 e. The molecule has 3 aromatic heterocycles. The highest BCUT2D eigenvalue weighted by molar-refractivity contribution is 7.09. The van der Waals surface area contributed by atoms with E-state index < -0.39 is 0 Å². The van der Waals surface area contributed by atoms with Gasteiger partial charge in [0.15, 0.2) is 5.65 Å². The van der Waals surface area contributed by atoms with Gasteiger partial charge in [0.25, 0.3) is 5.91 Å². The molecule has 0 fully saturated rings. The molecule has 33 heavy (non-hydrogen) atoms. The summed E-state index contributed by atoms with van der Waals surface area (Å²) in [4.78, 5) is 24.1. The maximum absolute atomic E-state index is 13.4. The molecule has 0 saturated carbocycles. The van der Waals surface area contributed by atoms with Crippen LogP contribution < -0.4 is 11.1 Å². The zero-order valence-electron chi connectivity index (χ0n) is 18.4. The van der Waals surface area contributed by atoms with Gasteiger partial charge >= 0.3 is 0 Å². The van der Waals surface area contributed by atoms with Gasteiger partial charge in [0.05, 0.1) is 17.6 Å². The number of carbonyl (C=O) groups excluding carboxylic acids is 1. The highest BCUT2D eigenvalue weighted by Crippen LogP contribution is 2.29. The maximum Gasteiger partial charge on any atom is 0.257 e. The van der Waals surface area contributed by atoms with Gasteiger partial charge in [-0.1, -0.05) is 48.5 Å². The average molecular weight is 456 g/mol. The van der Waals surface area contributed by atoms with Crippen LogP contribution in [0.5, 0.6) is 0 Å². The van der Waals surface area contributed by atoms with Crippen LogP contribution in [0.3, 0.4) is 0 Å². The van der Waals surface area contributed by atoms with Gasteiger partial charge < -0.3 is 15.6 Å². The molecule has 5 aromatic rings. The predicted octanol–water partition coefficient (Wildman–Crippen LogP) is 5.03. The van der Waals surface area contributed by atoms with Crippen molar-refractivity contribution in [2.24, 2.45) is 0 Å². The second-order valence-electron chi connectivity index (χ2n) is 8.21. The Kier molecular flexibility index (Phi) is 5.79. The third kappa shape index (κ3) is 4.32. The first-order valence-electron chi connectivity index (χ1n) is 11.0. The summed E-state index contributed by atoms with van der Waals surface area (Å²) in [6, 6.07) is 22.0. The van der Waals surface area contributed by atoms with Crippen LogP contribution in [0.25, 0.3) is 22.2 Å². The van der Waals surface area contributed by atoms with Crippen LogP contribution in [0.15, 0.2) is 72.1 Å². The first kappa shape index (κ1) is 21.2. The molecule has 3 heterocycles. The summed E-state index contributed by atoms with van der Waals surface area (Å²) < 4.78 is 1.89. The zero-order valence-corrected chi connectivity index (χ0v) is 19.2. The van der Waals surface area contributed by atoms with Crippen molar-refractivity contribution in [2.45, 2.75) is 32.4 Å². The van der Waals surface area contributed by atoms with Crippen molar-refractivity contribution in [2.75, 3.05) is 5.73 Å². The summed E-state index contributed by atoms with van der Waals surface area (Å²) in [6.07, 6.45) is 1.72. The number of anilines is 1. The highest BCUT2D eigenvalue weighted by atomic mass is 32.1. The topological polar surface area (TPSA) is 85.8 Å². The van der Waals surface area contributed by atoms with Gasteiger partial charge in [0.1, 0.15) is 16.9 Å². The first-order valence-corrected chi connectivity index (χ1v) is 11.9. The number of nitrogen functional groups attached to an aromatic ring is 1. The van der Waals surface area contributed by atoms with Crippen LogP contribution >= 0.6 is 11.3 Å². The monoisotopic (exact) mass is 455 g/mol. The third-order valence-electron chi connectivity index (χ3n) is 5.80. The van der Waals surface area contributed by atoms with Crippen molar-refractivity contribution in [1.82, 2.24) is 19.9 Å². The number of nitrogens with two attached hydrogens (primary N) is 1. The van der Waals surface area contributed by atoms with Crippen LogP contribution in [-0.2, 0) is 13.0 Å². The second kappa shape index (κ2) is 9.03. The van der Waals surface area contributed by atoms with E-state index in [0.717, 1.165) is 28.8 Å². The summed E-state index contributed by atoms with van der Waals surface area (Å²) in [5, 5.41) is 5.15. The van der Waals surface area contributed by atoms with Gasteiger partial charge in [0.2, 0.25) is 0 Å². The maximum atomic E-state index is 13.4. The number of aryl methyl sites for hydroxylation is 1. The summed E-state index contributed by atoms with van der Waals surface area (Å²) in [5.74, 6) is 0.175. The lowest BCUT2D eigenvalue weighted by Crippen LogP contribution is -2.33. The Bertz CT molecular complexity index is 1410. The lowest BCUT2D eigenvalue weighted by Gasteiger charge is -2.14. The second-order valence-corrected chi connectivity index (χ2v) is 9.24. The Morgan fingerprint density at radius 1 is 1.03 bits per heavy atom. The number of rotatable bonds is 7. The molecule has 0 saturated heterocycles. The number of nitrogens with one attached hydrogen (secondary N) is 1. The lowest BCUT2D eigenvalue weighted by atomic mass is 10.1. The quantitative estimate of drug-likeness (QED) is 0.360. The van der Waals surface area contributed by atoms with E-state index in [1.807, 2.05) is 65.4 Å². The van der Waals surface area contributed by atoms with E-state index in [2.05, 4.69) is 23.5 Å². The SMILES string of the molecule is C[C@@H](CCc1ccccc1)NC(=O)c1c(N)n(Cc2cccs2)c2nc3ccccc3nc12. The molecular formula is C26H25N5OS. The Labute approximate surface area is 196 Å². The summed E-state index contributed by atoms with van der Waals surface area (Å²) in [5.41, 5.74) is 10.9. The molecule has 2 aromatic carbocycles. The number of para-hydroxylation sites is 2. The fourth-order valence-electron chi connectivity index (χ4n) is 4.06. The number of carbonyl (C=O) groups is 1. The number of thiophene rings is 1. The number of hydrogen-bond acceptors (Lipinski definition) is 5. The number of amides is 1. The fourth-order valence-corrected chi connectivity index (χ4v) is 4.75. The largest absolute Gasteiger partial charge is 0.384 e. The minimum Gasteiger partial charge on any atom is -0.384 e. The summed E-state index contributed by atoms with van der Waals surface area (Å²) in [6.45, 7) is 2.56. The van der Waals surface area contributed by atoms with Gasteiger partial charge in [-0.2, -0.15) is 0 Å². The normalized spacial score (nSPS) is 12.3. The molecule has 5 rings (SSSR count). The van der Waals surface area contributed by atoms with Gasteiger partial charge in [-0.25, -0.2) is 9.97 Å². The molecule has 6 nitrogen and oxygen atoms in total. The van der Waals surface area contributed by atoms with Gasteiger partial charge in [-0.05, 0) is 48.9 Å². The Balaban J connectivity index is 1.48. The first-order chi connectivity index (χ1) is 16.1. The minimum atomic E-state index is -0.215. The van der Waals surface area contributed by atoms with E-state index in [1.54, 1.807) is 11.3 Å². The molecule has 0 radical (unpaired) electrons. The van der Waals surface area contributed by atoms with Crippen molar-refractivity contribution in [3.63, 3.8) is 0 Å². The van der Waals surface area contributed by atoms with E-state index in [1.165, 1.54) is 5.56 Å². The van der Waals surface area contributed by atoms with Crippen LogP contribution in [0.4, 0.5) is 5.82 Å². The number of hydrogen-bond donors (Lipinski definition) is 2.